The molecule has 33 heavy (non-hydrogen) atoms. The van der Waals surface area contributed by atoms with Gasteiger partial charge in [-0.05, 0) is 49.2 Å². The van der Waals surface area contributed by atoms with E-state index < -0.39 is 0 Å². The smallest absolute Gasteiger partial charge is 0.257 e. The highest BCUT2D eigenvalue weighted by Crippen LogP contribution is 2.26. The van der Waals surface area contributed by atoms with Gasteiger partial charge in [-0.2, -0.15) is 0 Å². The van der Waals surface area contributed by atoms with Crippen molar-refractivity contribution in [2.75, 3.05) is 46.3 Å². The van der Waals surface area contributed by atoms with Gasteiger partial charge in [0.05, 0.1) is 18.8 Å². The van der Waals surface area contributed by atoms with Crippen molar-refractivity contribution in [3.05, 3.63) is 53.6 Å². The molecular formula is C25H33N3O5. The van der Waals surface area contributed by atoms with Gasteiger partial charge in [0.15, 0.2) is 0 Å². The van der Waals surface area contributed by atoms with E-state index in [2.05, 4.69) is 17.6 Å². The van der Waals surface area contributed by atoms with Crippen molar-refractivity contribution in [2.45, 2.75) is 26.0 Å². The van der Waals surface area contributed by atoms with E-state index in [1.54, 1.807) is 68.6 Å². The third kappa shape index (κ3) is 6.24. The van der Waals surface area contributed by atoms with Gasteiger partial charge in [0.2, 0.25) is 0 Å². The van der Waals surface area contributed by atoms with Crippen LogP contribution >= 0.6 is 0 Å². The second-order valence-corrected chi connectivity index (χ2v) is 8.45. The van der Waals surface area contributed by atoms with E-state index >= 15 is 0 Å². The SMILES string of the molecule is COc1cccc(C(=O)Nc2ccc3c(c2)C(=O)N(C)C[C@H](OC)[C@@H](C)CN[C@@H](C)CO3)c1. The zero-order valence-electron chi connectivity index (χ0n) is 19.9. The van der Waals surface area contributed by atoms with Gasteiger partial charge in [-0.15, -0.1) is 0 Å². The molecule has 1 heterocycles. The molecule has 1 aliphatic heterocycles. The maximum atomic E-state index is 13.3. The number of fused-ring (bicyclic) bond motifs is 1. The molecule has 0 saturated heterocycles. The lowest BCUT2D eigenvalue weighted by Crippen LogP contribution is -2.44. The Bertz CT molecular complexity index is 980. The maximum absolute atomic E-state index is 13.3. The van der Waals surface area contributed by atoms with Crippen LogP contribution in [0.2, 0.25) is 0 Å². The summed E-state index contributed by atoms with van der Waals surface area (Å²) in [6.07, 6.45) is -0.113. The van der Waals surface area contributed by atoms with Crippen molar-refractivity contribution < 1.29 is 23.8 Å². The molecule has 3 atom stereocenters. The lowest BCUT2D eigenvalue weighted by molar-refractivity contribution is 0.0281. The van der Waals surface area contributed by atoms with E-state index in [1.165, 1.54) is 0 Å². The van der Waals surface area contributed by atoms with Crippen LogP contribution < -0.4 is 20.1 Å². The average molecular weight is 456 g/mol. The molecule has 2 aromatic carbocycles. The Morgan fingerprint density at radius 1 is 1.18 bits per heavy atom. The normalized spacial score (nSPS) is 21.8. The molecule has 0 saturated carbocycles. The quantitative estimate of drug-likeness (QED) is 0.737. The minimum absolute atomic E-state index is 0.0949. The number of carbonyl (C=O) groups excluding carboxylic acids is 2. The van der Waals surface area contributed by atoms with Gasteiger partial charge < -0.3 is 29.7 Å². The summed E-state index contributed by atoms with van der Waals surface area (Å²) in [6, 6.07) is 12.1. The monoisotopic (exact) mass is 455 g/mol. The zero-order valence-corrected chi connectivity index (χ0v) is 19.9. The molecule has 2 N–H and O–H groups in total. The topological polar surface area (TPSA) is 89.1 Å². The highest BCUT2D eigenvalue weighted by atomic mass is 16.5. The molecule has 0 radical (unpaired) electrons. The van der Waals surface area contributed by atoms with Gasteiger partial charge >= 0.3 is 0 Å². The number of ether oxygens (including phenoxy) is 3. The van der Waals surface area contributed by atoms with Gasteiger partial charge in [0, 0.05) is 44.5 Å². The number of nitrogens with one attached hydrogen (secondary N) is 2. The van der Waals surface area contributed by atoms with Crippen molar-refractivity contribution in [3.63, 3.8) is 0 Å². The Hall–Kier alpha value is -3.10. The fourth-order valence-electron chi connectivity index (χ4n) is 3.71. The highest BCUT2D eigenvalue weighted by molar-refractivity contribution is 6.05. The van der Waals surface area contributed by atoms with Crippen molar-refractivity contribution >= 4 is 17.5 Å². The first-order valence-corrected chi connectivity index (χ1v) is 11.1. The van der Waals surface area contributed by atoms with Crippen molar-refractivity contribution in [3.8, 4) is 11.5 Å². The van der Waals surface area contributed by atoms with E-state index in [0.29, 0.717) is 41.5 Å². The first-order valence-electron chi connectivity index (χ1n) is 11.1. The minimum atomic E-state index is -0.296. The number of hydrogen-bond acceptors (Lipinski definition) is 6. The molecule has 178 valence electrons. The molecule has 0 bridgehead atoms. The van der Waals surface area contributed by atoms with Crippen LogP contribution in [-0.2, 0) is 4.74 Å². The Morgan fingerprint density at radius 2 is 1.97 bits per heavy atom. The Kier molecular flexibility index (Phi) is 8.30. The molecular weight excluding hydrogens is 422 g/mol. The lowest BCUT2D eigenvalue weighted by atomic mass is 10.0. The Morgan fingerprint density at radius 3 is 2.70 bits per heavy atom. The van der Waals surface area contributed by atoms with Gasteiger partial charge in [-0.25, -0.2) is 0 Å². The molecule has 0 spiro atoms. The molecule has 2 amide bonds. The van der Waals surface area contributed by atoms with Gasteiger partial charge in [-0.1, -0.05) is 13.0 Å². The number of likely N-dealkylation sites (N-methyl/N-ethyl adjacent to an activating group) is 1. The second kappa shape index (κ2) is 11.2. The summed E-state index contributed by atoms with van der Waals surface area (Å²) in [7, 11) is 4.96. The van der Waals surface area contributed by atoms with E-state index in [-0.39, 0.29) is 29.9 Å². The fourth-order valence-corrected chi connectivity index (χ4v) is 3.71. The van der Waals surface area contributed by atoms with Gasteiger partial charge in [-0.3, -0.25) is 9.59 Å². The molecule has 8 heteroatoms. The molecule has 0 aliphatic carbocycles. The highest BCUT2D eigenvalue weighted by Gasteiger charge is 2.25. The van der Waals surface area contributed by atoms with Crippen LogP contribution in [0.25, 0.3) is 0 Å². The number of hydrogen-bond donors (Lipinski definition) is 2. The molecule has 0 unspecified atom stereocenters. The van der Waals surface area contributed by atoms with Crippen LogP contribution in [0.4, 0.5) is 5.69 Å². The van der Waals surface area contributed by atoms with E-state index in [4.69, 9.17) is 14.2 Å². The molecule has 3 rings (SSSR count). The van der Waals surface area contributed by atoms with Crippen molar-refractivity contribution in [2.24, 2.45) is 5.92 Å². The standard InChI is InChI=1S/C25H33N3O5/c1-16-13-26-17(2)15-33-22-10-9-19(12-21(22)25(30)28(3)14-23(16)32-5)27-24(29)18-7-6-8-20(11-18)31-4/h6-12,16-17,23,26H,13-15H2,1-5H3,(H,27,29)/t16-,17-,23-/m0/s1. The first kappa shape index (κ1) is 24.5. The summed E-state index contributed by atoms with van der Waals surface area (Å²) in [6.45, 7) is 5.74. The van der Waals surface area contributed by atoms with Crippen LogP contribution in [0.3, 0.4) is 0 Å². The van der Waals surface area contributed by atoms with E-state index in [9.17, 15) is 9.59 Å². The predicted molar refractivity (Wildman–Crippen MR) is 127 cm³/mol. The van der Waals surface area contributed by atoms with Crippen molar-refractivity contribution in [1.29, 1.82) is 0 Å². The van der Waals surface area contributed by atoms with Gasteiger partial charge in [0.1, 0.15) is 18.1 Å². The lowest BCUT2D eigenvalue weighted by Gasteiger charge is -2.30. The number of methoxy groups -OCH3 is 2. The largest absolute Gasteiger partial charge is 0.497 e. The Labute approximate surface area is 195 Å². The second-order valence-electron chi connectivity index (χ2n) is 8.45. The fraction of sp³-hybridized carbons (Fsp3) is 0.440. The summed E-state index contributed by atoms with van der Waals surface area (Å²) in [5, 5.41) is 6.32. The van der Waals surface area contributed by atoms with Gasteiger partial charge in [0.25, 0.3) is 11.8 Å². The number of amides is 2. The predicted octanol–water partition coefficient (Wildman–Crippen LogP) is 3.04. The molecule has 2 aromatic rings. The van der Waals surface area contributed by atoms with Crippen molar-refractivity contribution in [1.82, 2.24) is 10.2 Å². The Balaban J connectivity index is 1.88. The van der Waals surface area contributed by atoms with E-state index in [1.807, 2.05) is 6.92 Å². The minimum Gasteiger partial charge on any atom is -0.497 e. The zero-order chi connectivity index (χ0) is 24.0. The molecule has 8 nitrogen and oxygen atoms in total. The van der Waals surface area contributed by atoms with Crippen LogP contribution in [0, 0.1) is 5.92 Å². The van der Waals surface area contributed by atoms with Crippen LogP contribution in [-0.4, -0.2) is 69.8 Å². The van der Waals surface area contributed by atoms with Crippen LogP contribution in [0.1, 0.15) is 34.6 Å². The molecule has 1 aliphatic rings. The third-order valence-electron chi connectivity index (χ3n) is 5.81. The summed E-state index contributed by atoms with van der Waals surface area (Å²) < 4.78 is 16.8. The molecule has 0 aromatic heterocycles. The van der Waals surface area contributed by atoms with E-state index in [0.717, 1.165) is 6.54 Å². The summed E-state index contributed by atoms with van der Waals surface area (Å²) in [4.78, 5) is 27.7. The number of carbonyl (C=O) groups is 2. The average Bonchev–Trinajstić information content (AvgIpc) is 2.83. The number of benzene rings is 2. The third-order valence-corrected chi connectivity index (χ3v) is 5.81. The maximum Gasteiger partial charge on any atom is 0.257 e. The summed E-state index contributed by atoms with van der Waals surface area (Å²) in [5.74, 6) is 0.783. The summed E-state index contributed by atoms with van der Waals surface area (Å²) in [5.41, 5.74) is 1.34. The van der Waals surface area contributed by atoms with Crippen LogP contribution in [0.5, 0.6) is 11.5 Å². The first-order chi connectivity index (χ1) is 15.8. The molecule has 0 fully saturated rings. The number of rotatable bonds is 4. The number of nitrogens with zero attached hydrogens (tertiary/aromatic N) is 1. The number of anilines is 1. The van der Waals surface area contributed by atoms with Crippen LogP contribution in [0.15, 0.2) is 42.5 Å². The summed E-state index contributed by atoms with van der Waals surface area (Å²) >= 11 is 0.